The van der Waals surface area contributed by atoms with Crippen molar-refractivity contribution < 1.29 is 4.74 Å². The van der Waals surface area contributed by atoms with Gasteiger partial charge in [-0.1, -0.05) is 44.2 Å². The van der Waals surface area contributed by atoms with Gasteiger partial charge in [0.05, 0.1) is 0 Å². The van der Waals surface area contributed by atoms with E-state index >= 15 is 0 Å². The van der Waals surface area contributed by atoms with E-state index in [1.807, 2.05) is 7.05 Å². The fourth-order valence-corrected chi connectivity index (χ4v) is 4.97. The first-order valence-electron chi connectivity index (χ1n) is 11.7. The maximum atomic E-state index is 5.70. The van der Waals surface area contributed by atoms with Crippen molar-refractivity contribution in [2.24, 2.45) is 4.99 Å². The molecule has 1 aromatic carbocycles. The molecular weight excluding hydrogens is 501 g/mol. The van der Waals surface area contributed by atoms with Gasteiger partial charge >= 0.3 is 0 Å². The molecule has 2 aliphatic heterocycles. The monoisotopic (exact) mass is 543 g/mol. The summed E-state index contributed by atoms with van der Waals surface area (Å²) in [4.78, 5) is 9.62. The van der Waals surface area contributed by atoms with Crippen LogP contribution in [0.1, 0.15) is 51.6 Å². The Morgan fingerprint density at radius 1 is 1.23 bits per heavy atom. The van der Waals surface area contributed by atoms with Crippen LogP contribution in [0.4, 0.5) is 0 Å². The number of likely N-dealkylation sites (tertiary alicyclic amines) is 1. The standard InChI is InChI=1S/C24H41N5O.HI/c1-5-28(6-2)22-12-15-29(18-22)23(25-4)26-19-24(13-16-30-17-14-24)27-20(3)21-10-8-7-9-11-21;/h7-11,20,22,27H,5-6,12-19H2,1-4H3,(H,25,26);1H. The third-order valence-corrected chi connectivity index (χ3v) is 6.86. The van der Waals surface area contributed by atoms with Crippen molar-refractivity contribution in [1.82, 2.24) is 20.4 Å². The lowest BCUT2D eigenvalue weighted by Gasteiger charge is -2.41. The Morgan fingerprint density at radius 2 is 1.90 bits per heavy atom. The Hall–Kier alpha value is -0.900. The average Bonchev–Trinajstić information content (AvgIpc) is 3.26. The van der Waals surface area contributed by atoms with Crippen molar-refractivity contribution in [1.29, 1.82) is 0 Å². The van der Waals surface area contributed by atoms with Crippen molar-refractivity contribution in [3.8, 4) is 0 Å². The summed E-state index contributed by atoms with van der Waals surface area (Å²) in [7, 11) is 1.91. The molecule has 3 rings (SSSR count). The van der Waals surface area contributed by atoms with Crippen LogP contribution in [0.15, 0.2) is 35.3 Å². The minimum atomic E-state index is 0. The van der Waals surface area contributed by atoms with E-state index in [1.165, 1.54) is 12.0 Å². The van der Waals surface area contributed by atoms with E-state index in [1.54, 1.807) is 0 Å². The minimum Gasteiger partial charge on any atom is -0.381 e. The van der Waals surface area contributed by atoms with Gasteiger partial charge in [-0.25, -0.2) is 0 Å². The molecule has 2 atom stereocenters. The summed E-state index contributed by atoms with van der Waals surface area (Å²) in [6.45, 7) is 13.6. The largest absolute Gasteiger partial charge is 0.381 e. The number of hydrogen-bond donors (Lipinski definition) is 2. The van der Waals surface area contributed by atoms with Crippen LogP contribution < -0.4 is 10.6 Å². The van der Waals surface area contributed by atoms with E-state index in [0.29, 0.717) is 12.1 Å². The molecule has 176 valence electrons. The molecule has 2 saturated heterocycles. The molecule has 2 N–H and O–H groups in total. The zero-order valence-electron chi connectivity index (χ0n) is 19.8. The number of nitrogens with zero attached hydrogens (tertiary/aromatic N) is 3. The summed E-state index contributed by atoms with van der Waals surface area (Å²) in [5.41, 5.74) is 1.34. The summed E-state index contributed by atoms with van der Waals surface area (Å²) in [5.74, 6) is 1.03. The SMILES string of the molecule is CCN(CC)C1CCN(C(=NC)NCC2(NC(C)c3ccccc3)CCOCC2)C1.I. The first-order chi connectivity index (χ1) is 14.6. The van der Waals surface area contributed by atoms with Crippen molar-refractivity contribution >= 4 is 29.9 Å². The molecule has 31 heavy (non-hydrogen) atoms. The molecule has 0 aromatic heterocycles. The highest BCUT2D eigenvalue weighted by atomic mass is 127. The molecule has 0 spiro atoms. The van der Waals surface area contributed by atoms with E-state index in [-0.39, 0.29) is 29.5 Å². The van der Waals surface area contributed by atoms with Crippen LogP contribution in [0, 0.1) is 0 Å². The van der Waals surface area contributed by atoms with Gasteiger partial charge in [0.2, 0.25) is 0 Å². The van der Waals surface area contributed by atoms with Crippen LogP contribution in [0.2, 0.25) is 0 Å². The molecule has 0 amide bonds. The highest BCUT2D eigenvalue weighted by Gasteiger charge is 2.35. The Morgan fingerprint density at radius 3 is 2.52 bits per heavy atom. The topological polar surface area (TPSA) is 52.1 Å². The fourth-order valence-electron chi connectivity index (χ4n) is 4.97. The zero-order chi connectivity index (χ0) is 21.4. The van der Waals surface area contributed by atoms with Crippen LogP contribution in [-0.2, 0) is 4.74 Å². The average molecular weight is 544 g/mol. The van der Waals surface area contributed by atoms with Gasteiger partial charge in [0.25, 0.3) is 0 Å². The van der Waals surface area contributed by atoms with Gasteiger partial charge in [0.15, 0.2) is 5.96 Å². The van der Waals surface area contributed by atoms with E-state index in [2.05, 4.69) is 76.5 Å². The molecule has 0 bridgehead atoms. The van der Waals surface area contributed by atoms with E-state index in [9.17, 15) is 0 Å². The van der Waals surface area contributed by atoms with Gasteiger partial charge in [-0.2, -0.15) is 0 Å². The highest BCUT2D eigenvalue weighted by molar-refractivity contribution is 14.0. The number of rotatable bonds is 8. The minimum absolute atomic E-state index is 0. The molecular formula is C24H42IN5O. The Bertz CT molecular complexity index is 661. The van der Waals surface area contributed by atoms with Gasteiger partial charge in [0.1, 0.15) is 0 Å². The maximum absolute atomic E-state index is 5.70. The zero-order valence-corrected chi connectivity index (χ0v) is 22.1. The first kappa shape index (κ1) is 26.4. The van der Waals surface area contributed by atoms with Gasteiger partial charge in [-0.3, -0.25) is 9.89 Å². The Balaban J connectivity index is 0.00000341. The number of nitrogens with one attached hydrogen (secondary N) is 2. The van der Waals surface area contributed by atoms with Crippen molar-refractivity contribution in [3.05, 3.63) is 35.9 Å². The van der Waals surface area contributed by atoms with E-state index < -0.39 is 0 Å². The molecule has 0 radical (unpaired) electrons. The molecule has 2 fully saturated rings. The van der Waals surface area contributed by atoms with E-state index in [0.717, 1.165) is 64.7 Å². The second-order valence-corrected chi connectivity index (χ2v) is 8.68. The van der Waals surface area contributed by atoms with Crippen LogP contribution >= 0.6 is 24.0 Å². The third kappa shape index (κ3) is 7.04. The van der Waals surface area contributed by atoms with Crippen LogP contribution in [0.5, 0.6) is 0 Å². The van der Waals surface area contributed by atoms with Gasteiger partial charge in [-0.05, 0) is 44.8 Å². The predicted molar refractivity (Wildman–Crippen MR) is 140 cm³/mol. The molecule has 1 aromatic rings. The number of guanidine groups is 1. The third-order valence-electron chi connectivity index (χ3n) is 6.86. The molecule has 7 heteroatoms. The van der Waals surface area contributed by atoms with Crippen LogP contribution in [-0.4, -0.2) is 80.3 Å². The first-order valence-corrected chi connectivity index (χ1v) is 11.7. The second-order valence-electron chi connectivity index (χ2n) is 8.68. The molecule has 0 saturated carbocycles. The summed E-state index contributed by atoms with van der Waals surface area (Å²) >= 11 is 0. The summed E-state index contributed by atoms with van der Waals surface area (Å²) in [6, 6.07) is 11.6. The second kappa shape index (κ2) is 13.0. The smallest absolute Gasteiger partial charge is 0.193 e. The number of ether oxygens (including phenoxy) is 1. The molecule has 6 nitrogen and oxygen atoms in total. The molecule has 2 heterocycles. The number of aliphatic imine (C=N–C) groups is 1. The van der Waals surface area contributed by atoms with Gasteiger partial charge in [-0.15, -0.1) is 24.0 Å². The highest BCUT2D eigenvalue weighted by Crippen LogP contribution is 2.25. The lowest BCUT2D eigenvalue weighted by Crippen LogP contribution is -2.58. The quantitative estimate of drug-likeness (QED) is 0.299. The number of benzene rings is 1. The maximum Gasteiger partial charge on any atom is 0.193 e. The summed E-state index contributed by atoms with van der Waals surface area (Å²) < 4.78 is 5.70. The fraction of sp³-hybridized carbons (Fsp3) is 0.708. The Kier molecular flexibility index (Phi) is 11.0. The van der Waals surface area contributed by atoms with Crippen LogP contribution in [0.25, 0.3) is 0 Å². The predicted octanol–water partition coefficient (Wildman–Crippen LogP) is 3.50. The molecule has 0 aliphatic carbocycles. The van der Waals surface area contributed by atoms with Crippen molar-refractivity contribution in [2.45, 2.75) is 57.7 Å². The summed E-state index contributed by atoms with van der Waals surface area (Å²) in [5, 5.41) is 7.65. The Labute approximate surface area is 206 Å². The lowest BCUT2D eigenvalue weighted by atomic mass is 9.88. The van der Waals surface area contributed by atoms with Crippen molar-refractivity contribution in [2.75, 3.05) is 53.0 Å². The normalized spacial score (nSPS) is 22.3. The number of likely N-dealkylation sites (N-methyl/N-ethyl adjacent to an activating group) is 1. The molecule has 2 aliphatic rings. The van der Waals surface area contributed by atoms with Gasteiger partial charge < -0.3 is 20.3 Å². The number of hydrogen-bond acceptors (Lipinski definition) is 4. The van der Waals surface area contributed by atoms with E-state index in [4.69, 9.17) is 4.74 Å². The molecule has 2 unspecified atom stereocenters. The van der Waals surface area contributed by atoms with Crippen molar-refractivity contribution in [3.63, 3.8) is 0 Å². The van der Waals surface area contributed by atoms with Crippen LogP contribution in [0.3, 0.4) is 0 Å². The number of halogens is 1. The van der Waals surface area contributed by atoms with Gasteiger partial charge in [0, 0.05) is 57.5 Å². The lowest BCUT2D eigenvalue weighted by molar-refractivity contribution is 0.0353. The summed E-state index contributed by atoms with van der Waals surface area (Å²) in [6.07, 6.45) is 3.23.